The molecule has 0 bridgehead atoms. The van der Waals surface area contributed by atoms with E-state index in [-0.39, 0.29) is 10.9 Å². The topological polar surface area (TPSA) is 50.9 Å². The van der Waals surface area contributed by atoms with Gasteiger partial charge in [0.05, 0.1) is 0 Å². The molecule has 0 radical (unpaired) electrons. The molecule has 7 heteroatoms. The predicted molar refractivity (Wildman–Crippen MR) is 49.6 cm³/mol. The molecule has 3 N–H and O–H groups in total. The molecule has 3 nitrogen and oxygen atoms in total. The number of alkyl halides is 3. The normalized spacial score (nSPS) is 11.1. The van der Waals surface area contributed by atoms with Crippen LogP contribution in [0, 0.1) is 0 Å². The minimum absolute atomic E-state index is 0.0210. The summed E-state index contributed by atoms with van der Waals surface area (Å²) in [5, 5.41) is 2.19. The van der Waals surface area contributed by atoms with E-state index < -0.39 is 11.9 Å². The fourth-order valence-corrected chi connectivity index (χ4v) is 0.893. The third-order valence-electron chi connectivity index (χ3n) is 1.29. The van der Waals surface area contributed by atoms with Gasteiger partial charge in [0.1, 0.15) is 11.5 Å². The molecule has 1 rings (SSSR count). The van der Waals surface area contributed by atoms with Gasteiger partial charge in [-0.1, -0.05) is 6.07 Å². The molecule has 0 aromatic carbocycles. The van der Waals surface area contributed by atoms with E-state index in [1.165, 1.54) is 12.1 Å². The Morgan fingerprint density at radius 1 is 1.43 bits per heavy atom. The van der Waals surface area contributed by atoms with Crippen LogP contribution in [0.1, 0.15) is 5.69 Å². The minimum Gasteiger partial charge on any atom is -0.376 e. The number of hydrogen-bond acceptors (Lipinski definition) is 2. The van der Waals surface area contributed by atoms with Gasteiger partial charge >= 0.3 is 6.18 Å². The summed E-state index contributed by atoms with van der Waals surface area (Å²) in [5.41, 5.74) is 4.10. The molecule has 0 atom stereocenters. The number of nitrogens with one attached hydrogen (secondary N) is 1. The van der Waals surface area contributed by atoms with Gasteiger partial charge in [-0.25, -0.2) is 4.98 Å². The maximum absolute atomic E-state index is 12.2. The van der Waals surface area contributed by atoms with Crippen LogP contribution in [0.2, 0.25) is 0 Å². The van der Waals surface area contributed by atoms with Crippen LogP contribution in [-0.4, -0.2) is 10.1 Å². The SMILES string of the molecule is NC(=S)Nc1cccc(C(F)(F)F)n1. The molecular weight excluding hydrogens is 215 g/mol. The van der Waals surface area contributed by atoms with E-state index in [2.05, 4.69) is 22.5 Å². The molecule has 0 fully saturated rings. The molecule has 76 valence electrons. The summed E-state index contributed by atoms with van der Waals surface area (Å²) in [6, 6.07) is 3.43. The Hall–Kier alpha value is -1.37. The third-order valence-corrected chi connectivity index (χ3v) is 1.39. The lowest BCUT2D eigenvalue weighted by atomic mass is 10.3. The molecule has 0 aliphatic carbocycles. The Morgan fingerprint density at radius 2 is 2.07 bits per heavy atom. The van der Waals surface area contributed by atoms with E-state index >= 15 is 0 Å². The Kier molecular flexibility index (Phi) is 2.90. The first-order valence-electron chi connectivity index (χ1n) is 3.50. The van der Waals surface area contributed by atoms with Gasteiger partial charge in [0.15, 0.2) is 5.11 Å². The lowest BCUT2D eigenvalue weighted by Gasteiger charge is -2.07. The minimum atomic E-state index is -4.46. The lowest BCUT2D eigenvalue weighted by Crippen LogP contribution is -2.20. The molecule has 0 amide bonds. The first-order chi connectivity index (χ1) is 6.39. The summed E-state index contributed by atoms with van der Waals surface area (Å²) in [7, 11) is 0. The van der Waals surface area contributed by atoms with Crippen molar-refractivity contribution < 1.29 is 13.2 Å². The first-order valence-corrected chi connectivity index (χ1v) is 3.91. The van der Waals surface area contributed by atoms with Gasteiger partial charge in [0, 0.05) is 0 Å². The highest BCUT2D eigenvalue weighted by molar-refractivity contribution is 7.80. The van der Waals surface area contributed by atoms with Crippen LogP contribution in [0.25, 0.3) is 0 Å². The molecule has 1 heterocycles. The standard InChI is InChI=1S/C7H6F3N3S/c8-7(9,10)4-2-1-3-5(12-4)13-6(11)14/h1-3H,(H3,11,12,13,14). The number of anilines is 1. The number of rotatable bonds is 1. The van der Waals surface area contributed by atoms with Crippen molar-refractivity contribution in [2.45, 2.75) is 6.18 Å². The largest absolute Gasteiger partial charge is 0.433 e. The number of nitrogens with zero attached hydrogens (tertiary/aromatic N) is 1. The van der Waals surface area contributed by atoms with Crippen LogP contribution in [-0.2, 0) is 6.18 Å². The van der Waals surface area contributed by atoms with E-state index in [4.69, 9.17) is 5.73 Å². The molecule has 0 aliphatic heterocycles. The highest BCUT2D eigenvalue weighted by atomic mass is 32.1. The second-order valence-corrected chi connectivity index (χ2v) is 2.83. The maximum atomic E-state index is 12.2. The van der Waals surface area contributed by atoms with Crippen LogP contribution in [0.15, 0.2) is 18.2 Å². The molecule has 0 unspecified atom stereocenters. The number of pyridine rings is 1. The van der Waals surface area contributed by atoms with Gasteiger partial charge in [-0.3, -0.25) is 0 Å². The van der Waals surface area contributed by atoms with E-state index in [0.29, 0.717) is 0 Å². The zero-order chi connectivity index (χ0) is 10.8. The van der Waals surface area contributed by atoms with Crippen LogP contribution >= 0.6 is 12.2 Å². The zero-order valence-corrected chi connectivity index (χ0v) is 7.62. The van der Waals surface area contributed by atoms with Crippen LogP contribution in [0.5, 0.6) is 0 Å². The zero-order valence-electron chi connectivity index (χ0n) is 6.80. The Balaban J connectivity index is 2.95. The van der Waals surface area contributed by atoms with Crippen molar-refractivity contribution in [3.8, 4) is 0 Å². The summed E-state index contributed by atoms with van der Waals surface area (Å²) in [4.78, 5) is 3.28. The lowest BCUT2D eigenvalue weighted by molar-refractivity contribution is -0.141. The fraction of sp³-hybridized carbons (Fsp3) is 0.143. The van der Waals surface area contributed by atoms with Crippen molar-refractivity contribution in [2.75, 3.05) is 5.32 Å². The fourth-order valence-electron chi connectivity index (χ4n) is 0.788. The summed E-state index contributed by atoms with van der Waals surface area (Å²) in [6.45, 7) is 0. The smallest absolute Gasteiger partial charge is 0.376 e. The van der Waals surface area contributed by atoms with E-state index in [0.717, 1.165) is 6.07 Å². The summed E-state index contributed by atoms with van der Waals surface area (Å²) < 4.78 is 36.5. The van der Waals surface area contributed by atoms with E-state index in [9.17, 15) is 13.2 Å². The molecule has 0 spiro atoms. The second-order valence-electron chi connectivity index (χ2n) is 2.40. The van der Waals surface area contributed by atoms with Crippen molar-refractivity contribution in [1.82, 2.24) is 4.98 Å². The van der Waals surface area contributed by atoms with Gasteiger partial charge in [0.25, 0.3) is 0 Å². The van der Waals surface area contributed by atoms with Gasteiger partial charge in [0.2, 0.25) is 0 Å². The number of aromatic nitrogens is 1. The van der Waals surface area contributed by atoms with E-state index in [1.807, 2.05) is 0 Å². The van der Waals surface area contributed by atoms with E-state index in [1.54, 1.807) is 0 Å². The number of hydrogen-bond donors (Lipinski definition) is 2. The summed E-state index contributed by atoms with van der Waals surface area (Å²) >= 11 is 4.46. The Labute approximate surface area is 83.1 Å². The molecule has 1 aromatic heterocycles. The molecule has 0 saturated heterocycles. The van der Waals surface area contributed by atoms with Crippen molar-refractivity contribution in [1.29, 1.82) is 0 Å². The molecule has 0 saturated carbocycles. The third kappa shape index (κ3) is 2.84. The highest BCUT2D eigenvalue weighted by Crippen LogP contribution is 2.27. The summed E-state index contributed by atoms with van der Waals surface area (Å²) in [5.74, 6) is -0.0210. The average Bonchev–Trinajstić information content (AvgIpc) is 2.01. The second kappa shape index (κ2) is 3.79. The number of thiocarbonyl (C=S) groups is 1. The molecule has 14 heavy (non-hydrogen) atoms. The monoisotopic (exact) mass is 221 g/mol. The summed E-state index contributed by atoms with van der Waals surface area (Å²) in [6.07, 6.45) is -4.46. The first kappa shape index (κ1) is 10.7. The quantitative estimate of drug-likeness (QED) is 0.709. The van der Waals surface area contributed by atoms with Gasteiger partial charge < -0.3 is 11.1 Å². The van der Waals surface area contributed by atoms with Gasteiger partial charge in [-0.15, -0.1) is 0 Å². The molecule has 1 aromatic rings. The average molecular weight is 221 g/mol. The molecule has 0 aliphatic rings. The Morgan fingerprint density at radius 3 is 2.57 bits per heavy atom. The predicted octanol–water partition coefficient (Wildman–Crippen LogP) is 1.76. The van der Waals surface area contributed by atoms with Crippen molar-refractivity contribution in [3.05, 3.63) is 23.9 Å². The van der Waals surface area contributed by atoms with Crippen LogP contribution < -0.4 is 11.1 Å². The highest BCUT2D eigenvalue weighted by Gasteiger charge is 2.32. The van der Waals surface area contributed by atoms with Crippen molar-refractivity contribution in [2.24, 2.45) is 5.73 Å². The molecular formula is C7H6F3N3S. The van der Waals surface area contributed by atoms with Crippen molar-refractivity contribution in [3.63, 3.8) is 0 Å². The van der Waals surface area contributed by atoms with Crippen LogP contribution in [0.4, 0.5) is 19.0 Å². The van der Waals surface area contributed by atoms with Crippen molar-refractivity contribution >= 4 is 23.1 Å². The van der Waals surface area contributed by atoms with Gasteiger partial charge in [-0.2, -0.15) is 13.2 Å². The Bertz CT molecular complexity index is 350. The maximum Gasteiger partial charge on any atom is 0.433 e. The number of halogens is 3. The number of nitrogens with two attached hydrogens (primary N) is 1. The van der Waals surface area contributed by atoms with Crippen LogP contribution in [0.3, 0.4) is 0 Å². The van der Waals surface area contributed by atoms with Gasteiger partial charge in [-0.05, 0) is 24.4 Å².